The molecule has 0 aliphatic carbocycles. The van der Waals surface area contributed by atoms with Gasteiger partial charge in [-0.05, 0) is 17.7 Å². The molecule has 142 valence electrons. The molecule has 4 rings (SSSR count). The molecule has 0 fully saturated rings. The van der Waals surface area contributed by atoms with Gasteiger partial charge in [-0.3, -0.25) is 5.10 Å². The van der Waals surface area contributed by atoms with E-state index in [1.807, 2.05) is 24.3 Å². The number of rotatable bonds is 7. The highest BCUT2D eigenvalue weighted by Gasteiger charge is 2.17. The number of benzene rings is 2. The van der Waals surface area contributed by atoms with Crippen molar-refractivity contribution in [1.82, 2.24) is 25.4 Å². The number of aromatic amines is 1. The first kappa shape index (κ1) is 17.8. The Hall–Kier alpha value is -3.59. The Morgan fingerprint density at radius 3 is 2.75 bits per heavy atom. The molecular weight excluding hydrogens is 361 g/mol. The quantitative estimate of drug-likeness (QED) is 0.452. The highest BCUT2D eigenvalue weighted by atomic mass is 19.1. The van der Waals surface area contributed by atoms with Crippen LogP contribution in [0.4, 0.5) is 16.2 Å². The molecule has 0 aliphatic heterocycles. The molecule has 0 aliphatic rings. The van der Waals surface area contributed by atoms with Crippen molar-refractivity contribution in [3.63, 3.8) is 0 Å². The van der Waals surface area contributed by atoms with E-state index in [0.29, 0.717) is 29.2 Å². The third-order valence-corrected chi connectivity index (χ3v) is 4.13. The van der Waals surface area contributed by atoms with Gasteiger partial charge in [0, 0.05) is 17.5 Å². The highest BCUT2D eigenvalue weighted by Crippen LogP contribution is 2.31. The van der Waals surface area contributed by atoms with Gasteiger partial charge >= 0.3 is 0 Å². The van der Waals surface area contributed by atoms with Gasteiger partial charge in [-0.25, -0.2) is 9.37 Å². The van der Waals surface area contributed by atoms with Crippen molar-refractivity contribution < 1.29 is 9.13 Å². The van der Waals surface area contributed by atoms with Crippen molar-refractivity contribution in [3.8, 4) is 17.1 Å². The summed E-state index contributed by atoms with van der Waals surface area (Å²) in [6.07, 6.45) is 0. The van der Waals surface area contributed by atoms with E-state index in [2.05, 4.69) is 30.7 Å². The first-order valence-corrected chi connectivity index (χ1v) is 8.72. The second kappa shape index (κ2) is 7.97. The second-order valence-corrected chi connectivity index (χ2v) is 5.96. The molecule has 2 aromatic heterocycles. The normalized spacial score (nSPS) is 10.9. The number of H-pyrrole nitrogens is 1. The molecule has 0 unspecified atom stereocenters. The van der Waals surface area contributed by atoms with Crippen molar-refractivity contribution in [2.75, 3.05) is 18.5 Å². The number of hydrogen-bond donors (Lipinski definition) is 3. The number of nitrogens with one attached hydrogen (secondary N) is 2. The zero-order valence-corrected chi connectivity index (χ0v) is 14.9. The van der Waals surface area contributed by atoms with Crippen molar-refractivity contribution in [2.45, 2.75) is 6.67 Å². The number of nitrogens with zero attached hydrogens (tertiary/aromatic N) is 4. The maximum Gasteiger partial charge on any atom is 0.260 e. The third kappa shape index (κ3) is 3.47. The average Bonchev–Trinajstić information content (AvgIpc) is 3.15. The fraction of sp³-hybridized carbons (Fsp3) is 0.158. The van der Waals surface area contributed by atoms with Crippen molar-refractivity contribution in [1.29, 1.82) is 0 Å². The summed E-state index contributed by atoms with van der Waals surface area (Å²) < 4.78 is 19.0. The summed E-state index contributed by atoms with van der Waals surface area (Å²) >= 11 is 0. The molecule has 4 N–H and O–H groups in total. The van der Waals surface area contributed by atoms with Gasteiger partial charge in [0.2, 0.25) is 5.95 Å². The van der Waals surface area contributed by atoms with Gasteiger partial charge in [-0.2, -0.15) is 5.10 Å². The zero-order valence-electron chi connectivity index (χ0n) is 14.9. The first-order valence-electron chi connectivity index (χ1n) is 8.72. The molecule has 0 bridgehead atoms. The predicted octanol–water partition coefficient (Wildman–Crippen LogP) is 2.97. The van der Waals surface area contributed by atoms with E-state index >= 15 is 0 Å². The lowest BCUT2D eigenvalue weighted by Gasteiger charge is -2.12. The number of para-hydroxylation sites is 1. The van der Waals surface area contributed by atoms with Crippen LogP contribution < -0.4 is 15.8 Å². The van der Waals surface area contributed by atoms with Gasteiger partial charge in [-0.1, -0.05) is 36.4 Å². The topological polar surface area (TPSA) is 115 Å². The van der Waals surface area contributed by atoms with Gasteiger partial charge in [0.05, 0.1) is 5.52 Å². The molecule has 9 heteroatoms. The minimum atomic E-state index is -0.636. The van der Waals surface area contributed by atoms with Crippen molar-refractivity contribution in [3.05, 3.63) is 54.1 Å². The summed E-state index contributed by atoms with van der Waals surface area (Å²) in [5, 5.41) is 19.3. The van der Waals surface area contributed by atoms with Crippen LogP contribution in [0.2, 0.25) is 0 Å². The minimum Gasteiger partial charge on any atom is -0.474 e. The van der Waals surface area contributed by atoms with Gasteiger partial charge in [0.15, 0.2) is 5.82 Å². The van der Waals surface area contributed by atoms with E-state index in [1.54, 1.807) is 24.3 Å². The summed E-state index contributed by atoms with van der Waals surface area (Å²) in [4.78, 5) is 4.52. The lowest BCUT2D eigenvalue weighted by molar-refractivity contribution is 0.312. The van der Waals surface area contributed by atoms with Gasteiger partial charge in [0.1, 0.15) is 19.0 Å². The molecule has 2 heterocycles. The van der Waals surface area contributed by atoms with E-state index in [9.17, 15) is 4.39 Å². The average molecular weight is 379 g/mol. The van der Waals surface area contributed by atoms with Gasteiger partial charge in [0.25, 0.3) is 5.88 Å². The molecule has 4 aromatic rings. The molecule has 0 spiro atoms. The lowest BCUT2D eigenvalue weighted by Crippen LogP contribution is -2.13. The van der Waals surface area contributed by atoms with E-state index in [-0.39, 0.29) is 18.4 Å². The lowest BCUT2D eigenvalue weighted by atomic mass is 10.1. The monoisotopic (exact) mass is 379 g/mol. The van der Waals surface area contributed by atoms with Crippen LogP contribution in [0.5, 0.6) is 5.88 Å². The van der Waals surface area contributed by atoms with Crippen LogP contribution >= 0.6 is 0 Å². The Morgan fingerprint density at radius 2 is 1.89 bits per heavy atom. The van der Waals surface area contributed by atoms with Gasteiger partial charge in [-0.15, -0.1) is 10.2 Å². The number of nitrogens with two attached hydrogens (primary N) is 1. The number of anilines is 2. The summed E-state index contributed by atoms with van der Waals surface area (Å²) in [5.74, 6) is 0.988. The zero-order chi connectivity index (χ0) is 19.3. The first-order chi connectivity index (χ1) is 13.8. The molecule has 8 nitrogen and oxygen atoms in total. The molecule has 2 aromatic carbocycles. The third-order valence-electron chi connectivity index (χ3n) is 4.13. The van der Waals surface area contributed by atoms with E-state index in [4.69, 9.17) is 10.5 Å². The van der Waals surface area contributed by atoms with Crippen molar-refractivity contribution >= 4 is 22.7 Å². The number of aromatic nitrogens is 5. The number of hydrogen-bond acceptors (Lipinski definition) is 7. The van der Waals surface area contributed by atoms with E-state index < -0.39 is 6.67 Å². The van der Waals surface area contributed by atoms with Crippen LogP contribution in [-0.4, -0.2) is 38.5 Å². The largest absolute Gasteiger partial charge is 0.474 e. The maximum absolute atomic E-state index is 13.5. The second-order valence-electron chi connectivity index (χ2n) is 5.96. The molecule has 0 radical (unpaired) electrons. The Bertz CT molecular complexity index is 1100. The number of fused-ring (bicyclic) bond motifs is 1. The fourth-order valence-corrected chi connectivity index (χ4v) is 2.83. The van der Waals surface area contributed by atoms with Crippen LogP contribution in [0.1, 0.15) is 5.56 Å². The van der Waals surface area contributed by atoms with Crippen LogP contribution in [-0.2, 0) is 6.67 Å². The Kier molecular flexibility index (Phi) is 5.07. The van der Waals surface area contributed by atoms with Gasteiger partial charge < -0.3 is 15.8 Å². The predicted molar refractivity (Wildman–Crippen MR) is 104 cm³/mol. The fourth-order valence-electron chi connectivity index (χ4n) is 2.83. The minimum absolute atomic E-state index is 0.198. The number of ether oxygens (including phenoxy) is 1. The van der Waals surface area contributed by atoms with E-state index in [1.165, 1.54) is 0 Å². The summed E-state index contributed by atoms with van der Waals surface area (Å²) in [6, 6.07) is 14.7. The Morgan fingerprint density at radius 1 is 1.07 bits per heavy atom. The number of halogens is 1. The summed E-state index contributed by atoms with van der Waals surface area (Å²) in [7, 11) is 0. The molecular formula is C19H18FN7O. The maximum atomic E-state index is 13.5. The summed E-state index contributed by atoms with van der Waals surface area (Å²) in [6.45, 7) is -0.0770. The SMILES string of the molecule is NCCOc1nnc(Nc2n[nH]c3ccccc23)nc1-c1ccccc1CF. The van der Waals surface area contributed by atoms with Crippen LogP contribution in [0.15, 0.2) is 48.5 Å². The van der Waals surface area contributed by atoms with E-state index in [0.717, 1.165) is 10.9 Å². The van der Waals surface area contributed by atoms with Crippen molar-refractivity contribution in [2.24, 2.45) is 5.73 Å². The molecule has 0 atom stereocenters. The van der Waals surface area contributed by atoms with Crippen LogP contribution in [0, 0.1) is 0 Å². The molecule has 0 saturated carbocycles. The molecule has 0 saturated heterocycles. The van der Waals surface area contributed by atoms with Crippen LogP contribution in [0.3, 0.4) is 0 Å². The Labute approximate surface area is 160 Å². The number of alkyl halides is 1. The highest BCUT2D eigenvalue weighted by molar-refractivity contribution is 5.90. The smallest absolute Gasteiger partial charge is 0.260 e. The van der Waals surface area contributed by atoms with Crippen LogP contribution in [0.25, 0.3) is 22.2 Å². The Balaban J connectivity index is 1.75. The molecule has 28 heavy (non-hydrogen) atoms. The standard InChI is InChI=1S/C19H18FN7O/c20-11-12-5-1-2-6-13(12)16-18(28-10-9-21)26-27-19(22-16)23-17-14-7-3-4-8-15(14)24-25-17/h1-8H,9-11,21H2,(H2,22,23,24,25,27). The molecule has 0 amide bonds. The summed E-state index contributed by atoms with van der Waals surface area (Å²) in [5.41, 5.74) is 7.85.